The van der Waals surface area contributed by atoms with Crippen LogP contribution in [0.4, 0.5) is 5.69 Å². The summed E-state index contributed by atoms with van der Waals surface area (Å²) in [6.07, 6.45) is 3.13. The summed E-state index contributed by atoms with van der Waals surface area (Å²) in [4.78, 5) is 13.1. The van der Waals surface area contributed by atoms with Crippen LogP contribution in [0.2, 0.25) is 0 Å². The maximum Gasteiger partial charge on any atom is 0.246 e. The smallest absolute Gasteiger partial charge is 0.246 e. The van der Waals surface area contributed by atoms with Crippen LogP contribution in [-0.2, 0) is 4.79 Å². The van der Waals surface area contributed by atoms with E-state index < -0.39 is 0 Å². The van der Waals surface area contributed by atoms with Crippen LogP contribution < -0.4 is 10.5 Å². The molecule has 0 unspecified atom stereocenters. The van der Waals surface area contributed by atoms with Gasteiger partial charge in [0.1, 0.15) is 5.75 Å². The molecule has 1 rings (SSSR count). The Bertz CT molecular complexity index is 458. The van der Waals surface area contributed by atoms with Gasteiger partial charge in [0.25, 0.3) is 0 Å². The van der Waals surface area contributed by atoms with Gasteiger partial charge in [-0.3, -0.25) is 4.79 Å². The van der Waals surface area contributed by atoms with Crippen molar-refractivity contribution in [2.45, 2.75) is 6.92 Å². The number of likely N-dealkylation sites (N-methyl/N-ethyl adjacent to an activating group) is 1. The monoisotopic (exact) mass is 264 g/mol. The molecule has 5 nitrogen and oxygen atoms in total. The van der Waals surface area contributed by atoms with Gasteiger partial charge in [0.05, 0.1) is 18.9 Å². The zero-order valence-corrected chi connectivity index (χ0v) is 11.3. The summed E-state index contributed by atoms with van der Waals surface area (Å²) in [6.45, 7) is 2.72. The topological polar surface area (TPSA) is 75.8 Å². The van der Waals surface area contributed by atoms with Gasteiger partial charge >= 0.3 is 0 Å². The van der Waals surface area contributed by atoms with Crippen LogP contribution >= 0.6 is 0 Å². The number of benzene rings is 1. The highest BCUT2D eigenvalue weighted by Crippen LogP contribution is 2.23. The summed E-state index contributed by atoms with van der Waals surface area (Å²) in [5, 5.41) is 8.74. The molecule has 0 heterocycles. The van der Waals surface area contributed by atoms with Crippen molar-refractivity contribution in [1.29, 1.82) is 0 Å². The first-order valence-electron chi connectivity index (χ1n) is 6.14. The van der Waals surface area contributed by atoms with Crippen molar-refractivity contribution in [2.24, 2.45) is 0 Å². The van der Waals surface area contributed by atoms with Gasteiger partial charge in [0.2, 0.25) is 5.91 Å². The van der Waals surface area contributed by atoms with E-state index >= 15 is 0 Å². The third-order valence-corrected chi connectivity index (χ3v) is 2.56. The fourth-order valence-corrected chi connectivity index (χ4v) is 1.51. The molecule has 5 heteroatoms. The lowest BCUT2D eigenvalue weighted by molar-refractivity contribution is -0.125. The Morgan fingerprint density at radius 2 is 2.26 bits per heavy atom. The van der Waals surface area contributed by atoms with E-state index in [2.05, 4.69) is 0 Å². The lowest BCUT2D eigenvalue weighted by Gasteiger charge is -2.12. The van der Waals surface area contributed by atoms with E-state index in [1.54, 1.807) is 25.3 Å². The van der Waals surface area contributed by atoms with Gasteiger partial charge < -0.3 is 20.5 Å². The summed E-state index contributed by atoms with van der Waals surface area (Å²) in [7, 11) is 1.63. The van der Waals surface area contributed by atoms with E-state index in [0.29, 0.717) is 24.6 Å². The molecule has 0 aliphatic carbocycles. The van der Waals surface area contributed by atoms with Crippen LogP contribution in [0.3, 0.4) is 0 Å². The lowest BCUT2D eigenvalue weighted by Crippen LogP contribution is -2.27. The number of carbonyl (C=O) groups excluding carboxylic acids is 1. The van der Waals surface area contributed by atoms with Crippen molar-refractivity contribution in [3.63, 3.8) is 0 Å². The van der Waals surface area contributed by atoms with Gasteiger partial charge in [0.15, 0.2) is 0 Å². The van der Waals surface area contributed by atoms with Crippen molar-refractivity contribution in [2.75, 3.05) is 32.5 Å². The largest absolute Gasteiger partial charge is 0.492 e. The van der Waals surface area contributed by atoms with Gasteiger partial charge in [-0.05, 0) is 30.7 Å². The molecule has 0 bridgehead atoms. The molecule has 1 amide bonds. The molecule has 0 radical (unpaired) electrons. The average Bonchev–Trinajstić information content (AvgIpc) is 2.39. The quantitative estimate of drug-likeness (QED) is 0.596. The predicted molar refractivity (Wildman–Crippen MR) is 75.8 cm³/mol. The Hall–Kier alpha value is -2.01. The molecule has 0 aliphatic heterocycles. The van der Waals surface area contributed by atoms with Gasteiger partial charge in [-0.1, -0.05) is 6.07 Å². The first kappa shape index (κ1) is 15.0. The molecule has 0 spiro atoms. The number of aliphatic hydroxyl groups excluding tert-OH is 1. The summed E-state index contributed by atoms with van der Waals surface area (Å²) in [6, 6.07) is 5.36. The molecule has 0 saturated heterocycles. The number of nitrogens with zero attached hydrogens (tertiary/aromatic N) is 1. The first-order chi connectivity index (χ1) is 9.08. The zero-order valence-electron chi connectivity index (χ0n) is 11.3. The molecular weight excluding hydrogens is 244 g/mol. The van der Waals surface area contributed by atoms with E-state index in [0.717, 1.165) is 5.56 Å². The van der Waals surface area contributed by atoms with Crippen LogP contribution in [0, 0.1) is 0 Å². The number of ether oxygens (including phenoxy) is 1. The number of aliphatic hydroxyl groups is 1. The summed E-state index contributed by atoms with van der Waals surface area (Å²) in [5.41, 5.74) is 7.20. The Morgan fingerprint density at radius 1 is 1.53 bits per heavy atom. The van der Waals surface area contributed by atoms with Crippen LogP contribution in [0.1, 0.15) is 12.5 Å². The molecule has 1 aromatic rings. The predicted octanol–water partition coefficient (Wildman–Crippen LogP) is 1.13. The number of rotatable bonds is 6. The second kappa shape index (κ2) is 7.43. The molecule has 0 aromatic heterocycles. The summed E-state index contributed by atoms with van der Waals surface area (Å²) in [5.74, 6) is 0.477. The Labute approximate surface area is 113 Å². The molecule has 0 fully saturated rings. The molecule has 3 N–H and O–H groups in total. The van der Waals surface area contributed by atoms with E-state index in [1.807, 2.05) is 13.0 Å². The van der Waals surface area contributed by atoms with Gasteiger partial charge in [-0.2, -0.15) is 0 Å². The van der Waals surface area contributed by atoms with Crippen molar-refractivity contribution in [1.82, 2.24) is 4.90 Å². The van der Waals surface area contributed by atoms with Crippen LogP contribution in [0.5, 0.6) is 5.75 Å². The number of nitrogen functional groups attached to an aromatic ring is 1. The minimum absolute atomic E-state index is 0.0495. The number of amides is 1. The molecule has 104 valence electrons. The average molecular weight is 264 g/mol. The van der Waals surface area contributed by atoms with E-state index in [1.165, 1.54) is 11.0 Å². The van der Waals surface area contributed by atoms with Crippen LogP contribution in [0.25, 0.3) is 6.08 Å². The highest BCUT2D eigenvalue weighted by molar-refractivity contribution is 5.91. The van der Waals surface area contributed by atoms with E-state index in [4.69, 9.17) is 15.6 Å². The highest BCUT2D eigenvalue weighted by Gasteiger charge is 2.04. The van der Waals surface area contributed by atoms with Crippen molar-refractivity contribution in [3.05, 3.63) is 29.8 Å². The van der Waals surface area contributed by atoms with E-state index in [-0.39, 0.29) is 12.5 Å². The van der Waals surface area contributed by atoms with Crippen molar-refractivity contribution >= 4 is 17.7 Å². The molecule has 0 atom stereocenters. The van der Waals surface area contributed by atoms with Crippen LogP contribution in [-0.4, -0.2) is 42.7 Å². The second-order valence-corrected chi connectivity index (χ2v) is 4.05. The Balaban J connectivity index is 2.72. The maximum atomic E-state index is 11.6. The third kappa shape index (κ3) is 4.63. The Morgan fingerprint density at radius 3 is 2.84 bits per heavy atom. The molecule has 0 saturated carbocycles. The minimum Gasteiger partial charge on any atom is -0.492 e. The van der Waals surface area contributed by atoms with Crippen LogP contribution in [0.15, 0.2) is 24.3 Å². The SMILES string of the molecule is CCOc1ccc(/C=C\C(=O)N(C)CCO)cc1N. The fraction of sp³-hybridized carbons (Fsp3) is 0.357. The number of hydrogen-bond donors (Lipinski definition) is 2. The summed E-state index contributed by atoms with van der Waals surface area (Å²) >= 11 is 0. The number of nitrogens with two attached hydrogens (primary N) is 1. The standard InChI is InChI=1S/C14H20N2O3/c1-3-19-13-6-4-11(10-12(13)15)5-7-14(18)16(2)8-9-17/h4-7,10,17H,3,8-9,15H2,1-2H3/b7-5-. The van der Waals surface area contributed by atoms with Gasteiger partial charge in [0, 0.05) is 19.7 Å². The molecule has 19 heavy (non-hydrogen) atoms. The minimum atomic E-state index is -0.165. The third-order valence-electron chi connectivity index (χ3n) is 2.56. The molecular formula is C14H20N2O3. The number of carbonyl (C=O) groups is 1. The van der Waals surface area contributed by atoms with Gasteiger partial charge in [-0.25, -0.2) is 0 Å². The van der Waals surface area contributed by atoms with Crippen molar-refractivity contribution in [3.8, 4) is 5.75 Å². The van der Waals surface area contributed by atoms with E-state index in [9.17, 15) is 4.79 Å². The zero-order chi connectivity index (χ0) is 14.3. The normalized spacial score (nSPS) is 10.7. The fourth-order valence-electron chi connectivity index (χ4n) is 1.51. The first-order valence-corrected chi connectivity index (χ1v) is 6.14. The number of hydrogen-bond acceptors (Lipinski definition) is 4. The summed E-state index contributed by atoms with van der Waals surface area (Å²) < 4.78 is 5.34. The second-order valence-electron chi connectivity index (χ2n) is 4.05. The molecule has 1 aromatic carbocycles. The number of anilines is 1. The van der Waals surface area contributed by atoms with Crippen molar-refractivity contribution < 1.29 is 14.6 Å². The lowest BCUT2D eigenvalue weighted by atomic mass is 10.1. The van der Waals surface area contributed by atoms with Gasteiger partial charge in [-0.15, -0.1) is 0 Å². The molecule has 0 aliphatic rings. The maximum absolute atomic E-state index is 11.6. The Kier molecular flexibility index (Phi) is 5.89. The highest BCUT2D eigenvalue weighted by atomic mass is 16.5.